The highest BCUT2D eigenvalue weighted by molar-refractivity contribution is 6.73. The SMILES string of the molecule is Cc1cc([B-](F)(F)F)ccc1OCCc1cnn(C)c1. The molecule has 20 heavy (non-hydrogen) atoms. The van der Waals surface area contributed by atoms with Crippen molar-refractivity contribution in [2.24, 2.45) is 7.05 Å². The van der Waals surface area contributed by atoms with E-state index in [4.69, 9.17) is 4.74 Å². The summed E-state index contributed by atoms with van der Waals surface area (Å²) < 4.78 is 45.0. The van der Waals surface area contributed by atoms with E-state index < -0.39 is 12.4 Å². The molecule has 3 nitrogen and oxygen atoms in total. The van der Waals surface area contributed by atoms with Crippen LogP contribution in [0.15, 0.2) is 30.6 Å². The van der Waals surface area contributed by atoms with Crippen molar-refractivity contribution in [2.75, 3.05) is 6.61 Å². The van der Waals surface area contributed by atoms with Gasteiger partial charge in [-0.3, -0.25) is 4.68 Å². The highest BCUT2D eigenvalue weighted by Crippen LogP contribution is 2.19. The molecule has 7 heteroatoms. The van der Waals surface area contributed by atoms with Gasteiger partial charge in [0.15, 0.2) is 0 Å². The first-order valence-corrected chi connectivity index (χ1v) is 6.27. The molecule has 0 spiro atoms. The fourth-order valence-corrected chi connectivity index (χ4v) is 1.92. The van der Waals surface area contributed by atoms with Crippen LogP contribution in [-0.4, -0.2) is 23.4 Å². The van der Waals surface area contributed by atoms with E-state index in [9.17, 15) is 12.9 Å². The first kappa shape index (κ1) is 14.5. The van der Waals surface area contributed by atoms with E-state index in [-0.39, 0.29) is 0 Å². The monoisotopic (exact) mass is 283 g/mol. The number of ether oxygens (including phenoxy) is 1. The summed E-state index contributed by atoms with van der Waals surface area (Å²) in [6.07, 6.45) is 4.29. The Hall–Kier alpha value is -1.92. The normalized spacial score (nSPS) is 11.7. The molecule has 0 saturated carbocycles. The van der Waals surface area contributed by atoms with Gasteiger partial charge in [-0.05, 0) is 24.1 Å². The number of benzene rings is 1. The minimum Gasteiger partial charge on any atom is -0.493 e. The average molecular weight is 283 g/mol. The first-order valence-electron chi connectivity index (χ1n) is 6.27. The highest BCUT2D eigenvalue weighted by atomic mass is 19.4. The largest absolute Gasteiger partial charge is 0.509 e. The fraction of sp³-hybridized carbons (Fsp3) is 0.308. The molecular weight excluding hydrogens is 268 g/mol. The molecule has 1 heterocycles. The summed E-state index contributed by atoms with van der Waals surface area (Å²) >= 11 is 0. The lowest BCUT2D eigenvalue weighted by Gasteiger charge is -2.17. The highest BCUT2D eigenvalue weighted by Gasteiger charge is 2.25. The summed E-state index contributed by atoms with van der Waals surface area (Å²) in [5.74, 6) is 0.484. The topological polar surface area (TPSA) is 27.1 Å². The van der Waals surface area contributed by atoms with E-state index in [2.05, 4.69) is 5.10 Å². The number of hydrogen-bond acceptors (Lipinski definition) is 2. The predicted octanol–water partition coefficient (Wildman–Crippen LogP) is 2.40. The molecule has 0 bridgehead atoms. The van der Waals surface area contributed by atoms with Crippen molar-refractivity contribution in [2.45, 2.75) is 13.3 Å². The molecule has 0 N–H and O–H groups in total. The second kappa shape index (κ2) is 5.60. The van der Waals surface area contributed by atoms with Gasteiger partial charge in [-0.2, -0.15) is 5.10 Å². The van der Waals surface area contributed by atoms with Crippen LogP contribution in [0.25, 0.3) is 0 Å². The zero-order chi connectivity index (χ0) is 14.8. The second-order valence-corrected chi connectivity index (χ2v) is 4.72. The van der Waals surface area contributed by atoms with E-state index >= 15 is 0 Å². The van der Waals surface area contributed by atoms with Crippen molar-refractivity contribution >= 4 is 12.4 Å². The third-order valence-electron chi connectivity index (χ3n) is 2.98. The van der Waals surface area contributed by atoms with Crippen molar-refractivity contribution in [1.82, 2.24) is 9.78 Å². The maximum Gasteiger partial charge on any atom is 0.509 e. The quantitative estimate of drug-likeness (QED) is 0.788. The van der Waals surface area contributed by atoms with Crippen molar-refractivity contribution in [3.05, 3.63) is 41.7 Å². The molecule has 0 saturated heterocycles. The minimum atomic E-state index is -4.96. The molecule has 1 aromatic carbocycles. The Kier molecular flexibility index (Phi) is 4.06. The van der Waals surface area contributed by atoms with Gasteiger partial charge < -0.3 is 17.7 Å². The molecule has 0 fully saturated rings. The smallest absolute Gasteiger partial charge is 0.493 e. The Morgan fingerprint density at radius 1 is 1.30 bits per heavy atom. The second-order valence-electron chi connectivity index (χ2n) is 4.72. The Balaban J connectivity index is 1.96. The van der Waals surface area contributed by atoms with E-state index in [1.807, 2.05) is 13.2 Å². The first-order chi connectivity index (χ1) is 9.36. The molecule has 0 aliphatic heterocycles. The zero-order valence-corrected chi connectivity index (χ0v) is 11.3. The summed E-state index contributed by atoms with van der Waals surface area (Å²) in [4.78, 5) is 0. The van der Waals surface area contributed by atoms with Crippen molar-refractivity contribution in [3.63, 3.8) is 0 Å². The Morgan fingerprint density at radius 2 is 2.05 bits per heavy atom. The number of hydrogen-bond donors (Lipinski definition) is 0. The van der Waals surface area contributed by atoms with Crippen LogP contribution in [0.2, 0.25) is 0 Å². The molecule has 0 atom stereocenters. The van der Waals surface area contributed by atoms with Gasteiger partial charge in [0.05, 0.1) is 12.8 Å². The summed E-state index contributed by atoms with van der Waals surface area (Å²) in [5.41, 5.74) is 0.926. The molecule has 0 aliphatic rings. The van der Waals surface area contributed by atoms with Crippen LogP contribution in [0.3, 0.4) is 0 Å². The van der Waals surface area contributed by atoms with E-state index in [0.717, 1.165) is 17.7 Å². The van der Waals surface area contributed by atoms with Gasteiger partial charge in [0.1, 0.15) is 5.75 Å². The van der Waals surface area contributed by atoms with E-state index in [1.165, 1.54) is 6.07 Å². The lowest BCUT2D eigenvalue weighted by atomic mass is 9.79. The van der Waals surface area contributed by atoms with Crippen molar-refractivity contribution in [1.29, 1.82) is 0 Å². The number of halogens is 3. The Morgan fingerprint density at radius 3 is 2.60 bits per heavy atom. The van der Waals surface area contributed by atoms with Gasteiger partial charge in [0.25, 0.3) is 0 Å². The molecular formula is C13H15BF3N2O-. The molecule has 2 aromatic rings. The van der Waals surface area contributed by atoms with Crippen LogP contribution < -0.4 is 10.2 Å². The Labute approximate surface area is 115 Å². The van der Waals surface area contributed by atoms with Crippen LogP contribution in [0.4, 0.5) is 12.9 Å². The molecule has 0 unspecified atom stereocenters. The maximum atomic E-state index is 12.6. The van der Waals surface area contributed by atoms with Crippen LogP contribution in [0, 0.1) is 6.92 Å². The number of nitrogens with zero attached hydrogens (tertiary/aromatic N) is 2. The summed E-state index contributed by atoms with van der Waals surface area (Å²) in [5, 5.41) is 4.04. The lowest BCUT2D eigenvalue weighted by Crippen LogP contribution is -2.34. The lowest BCUT2D eigenvalue weighted by molar-refractivity contribution is 0.320. The van der Waals surface area contributed by atoms with Gasteiger partial charge >= 0.3 is 6.98 Å². The number of rotatable bonds is 5. The fourth-order valence-electron chi connectivity index (χ4n) is 1.92. The molecule has 1 aromatic heterocycles. The Bertz CT molecular complexity index is 596. The van der Waals surface area contributed by atoms with E-state index in [0.29, 0.717) is 24.3 Å². The average Bonchev–Trinajstić information content (AvgIpc) is 2.76. The maximum absolute atomic E-state index is 12.6. The standard InChI is InChI=1S/C13H15BF3N2O/c1-10-7-12(14(15,16)17)3-4-13(10)20-6-5-11-8-18-19(2)9-11/h3-4,7-9H,5-6H2,1-2H3/q-1. The summed E-state index contributed by atoms with van der Waals surface area (Å²) in [6.45, 7) is -2.94. The third-order valence-corrected chi connectivity index (χ3v) is 2.98. The van der Waals surface area contributed by atoms with Crippen molar-refractivity contribution in [3.8, 4) is 5.75 Å². The van der Waals surface area contributed by atoms with Gasteiger partial charge in [-0.25, -0.2) is 0 Å². The van der Waals surface area contributed by atoms with Gasteiger partial charge in [0.2, 0.25) is 0 Å². The number of aryl methyl sites for hydroxylation is 2. The molecule has 0 amide bonds. The molecule has 108 valence electrons. The van der Waals surface area contributed by atoms with Crippen molar-refractivity contribution < 1.29 is 17.7 Å². The van der Waals surface area contributed by atoms with Crippen LogP contribution >= 0.6 is 0 Å². The third kappa shape index (κ3) is 3.56. The predicted molar refractivity (Wildman–Crippen MR) is 72.3 cm³/mol. The van der Waals surface area contributed by atoms with Crippen LogP contribution in [0.5, 0.6) is 5.75 Å². The summed E-state index contributed by atoms with van der Waals surface area (Å²) in [6, 6.07) is 3.56. The van der Waals surface area contributed by atoms with Crippen LogP contribution in [-0.2, 0) is 13.5 Å². The van der Waals surface area contributed by atoms with Gasteiger partial charge in [-0.15, -0.1) is 5.46 Å². The van der Waals surface area contributed by atoms with E-state index in [1.54, 1.807) is 17.8 Å². The molecule has 0 radical (unpaired) electrons. The molecule has 0 aliphatic carbocycles. The zero-order valence-electron chi connectivity index (χ0n) is 11.3. The van der Waals surface area contributed by atoms with Gasteiger partial charge in [-0.1, -0.05) is 12.1 Å². The molecule has 2 rings (SSSR count). The summed E-state index contributed by atoms with van der Waals surface area (Å²) in [7, 11) is 1.83. The number of aromatic nitrogens is 2. The van der Waals surface area contributed by atoms with Gasteiger partial charge in [0, 0.05) is 19.7 Å². The minimum absolute atomic E-state index is 0.406. The van der Waals surface area contributed by atoms with Crippen LogP contribution in [0.1, 0.15) is 11.1 Å².